The van der Waals surface area contributed by atoms with Crippen molar-refractivity contribution >= 4 is 0 Å². The van der Waals surface area contributed by atoms with E-state index in [0.717, 1.165) is 23.2 Å². The van der Waals surface area contributed by atoms with Crippen LogP contribution >= 0.6 is 0 Å². The number of pyridine rings is 1. The highest BCUT2D eigenvalue weighted by Gasteiger charge is 2.13. The third kappa shape index (κ3) is 5.03. The zero-order valence-electron chi connectivity index (χ0n) is 14.2. The minimum Gasteiger partial charge on any atom is -0.494 e. The summed E-state index contributed by atoms with van der Waals surface area (Å²) in [5, 5.41) is 9.69. The van der Waals surface area contributed by atoms with Crippen LogP contribution in [0.5, 0.6) is 5.75 Å². The van der Waals surface area contributed by atoms with Crippen molar-refractivity contribution in [1.29, 1.82) is 0 Å². The van der Waals surface area contributed by atoms with Crippen molar-refractivity contribution in [2.24, 2.45) is 0 Å². The zero-order valence-corrected chi connectivity index (χ0v) is 14.2. The SMILES string of the molecule is Cc1cc(-c2cc(OCCCC(C)(C)O)ccc2F)c(C)cn1. The Balaban J connectivity index is 2.15. The van der Waals surface area contributed by atoms with Crippen molar-refractivity contribution in [2.45, 2.75) is 46.1 Å². The summed E-state index contributed by atoms with van der Waals surface area (Å²) in [5.41, 5.74) is 2.43. The molecule has 0 bridgehead atoms. The van der Waals surface area contributed by atoms with E-state index in [4.69, 9.17) is 4.74 Å². The number of ether oxygens (including phenoxy) is 1. The summed E-state index contributed by atoms with van der Waals surface area (Å²) in [6.07, 6.45) is 3.15. The van der Waals surface area contributed by atoms with Gasteiger partial charge in [-0.15, -0.1) is 0 Å². The molecule has 0 aliphatic heterocycles. The number of aromatic nitrogens is 1. The monoisotopic (exact) mass is 317 g/mol. The molecule has 23 heavy (non-hydrogen) atoms. The van der Waals surface area contributed by atoms with Gasteiger partial charge in [0.2, 0.25) is 0 Å². The Kier molecular flexibility index (Phi) is 5.37. The van der Waals surface area contributed by atoms with Crippen LogP contribution in [0.1, 0.15) is 37.9 Å². The molecule has 2 aromatic rings. The third-order valence-electron chi connectivity index (χ3n) is 3.67. The fourth-order valence-corrected chi connectivity index (χ4v) is 2.41. The zero-order chi connectivity index (χ0) is 17.0. The van der Waals surface area contributed by atoms with Gasteiger partial charge in [0.05, 0.1) is 12.2 Å². The minimum atomic E-state index is -0.691. The molecule has 3 nitrogen and oxygen atoms in total. The summed E-state index contributed by atoms with van der Waals surface area (Å²) in [5.74, 6) is 0.355. The molecule has 0 amide bonds. The van der Waals surface area contributed by atoms with E-state index in [0.29, 0.717) is 24.3 Å². The number of halogens is 1. The van der Waals surface area contributed by atoms with Gasteiger partial charge in [-0.3, -0.25) is 4.98 Å². The molecular weight excluding hydrogens is 293 g/mol. The Labute approximate surface area is 137 Å². The van der Waals surface area contributed by atoms with Gasteiger partial charge in [0.25, 0.3) is 0 Å². The lowest BCUT2D eigenvalue weighted by molar-refractivity contribution is 0.0641. The molecule has 0 atom stereocenters. The van der Waals surface area contributed by atoms with Crippen molar-refractivity contribution in [3.05, 3.63) is 47.5 Å². The Morgan fingerprint density at radius 2 is 1.91 bits per heavy atom. The third-order valence-corrected chi connectivity index (χ3v) is 3.67. The van der Waals surface area contributed by atoms with Crippen molar-refractivity contribution in [1.82, 2.24) is 4.98 Å². The van der Waals surface area contributed by atoms with Gasteiger partial charge >= 0.3 is 0 Å². The standard InChI is InChI=1S/C19H24FNO2/c1-13-12-21-14(2)10-16(13)17-11-15(6-7-18(17)20)23-9-5-8-19(3,4)22/h6-7,10-12,22H,5,8-9H2,1-4H3. The van der Waals surface area contributed by atoms with E-state index >= 15 is 0 Å². The van der Waals surface area contributed by atoms with Crippen LogP contribution in [0.15, 0.2) is 30.5 Å². The van der Waals surface area contributed by atoms with E-state index in [1.165, 1.54) is 6.07 Å². The number of aryl methyl sites for hydroxylation is 2. The summed E-state index contributed by atoms with van der Waals surface area (Å²) in [4.78, 5) is 4.22. The van der Waals surface area contributed by atoms with E-state index in [1.807, 2.05) is 19.9 Å². The molecule has 0 saturated heterocycles. The topological polar surface area (TPSA) is 42.4 Å². The summed E-state index contributed by atoms with van der Waals surface area (Å²) in [6, 6.07) is 6.66. The van der Waals surface area contributed by atoms with Crippen molar-refractivity contribution in [3.63, 3.8) is 0 Å². The van der Waals surface area contributed by atoms with Crippen LogP contribution in [0.3, 0.4) is 0 Å². The van der Waals surface area contributed by atoms with Crippen LogP contribution in [-0.2, 0) is 0 Å². The number of nitrogens with zero attached hydrogens (tertiary/aromatic N) is 1. The molecule has 1 aromatic heterocycles. The van der Waals surface area contributed by atoms with E-state index in [9.17, 15) is 9.50 Å². The highest BCUT2D eigenvalue weighted by atomic mass is 19.1. The first-order valence-electron chi connectivity index (χ1n) is 7.84. The quantitative estimate of drug-likeness (QED) is 0.801. The second-order valence-electron chi connectivity index (χ2n) is 6.55. The second-order valence-corrected chi connectivity index (χ2v) is 6.55. The Morgan fingerprint density at radius 3 is 2.61 bits per heavy atom. The summed E-state index contributed by atoms with van der Waals surface area (Å²) >= 11 is 0. The van der Waals surface area contributed by atoms with Gasteiger partial charge in [0, 0.05) is 17.5 Å². The van der Waals surface area contributed by atoms with Gasteiger partial charge < -0.3 is 9.84 Å². The van der Waals surface area contributed by atoms with E-state index in [-0.39, 0.29) is 5.82 Å². The number of benzene rings is 1. The average Bonchev–Trinajstić information content (AvgIpc) is 2.47. The summed E-state index contributed by atoms with van der Waals surface area (Å²) < 4.78 is 19.9. The molecule has 1 heterocycles. The average molecular weight is 317 g/mol. The predicted molar refractivity (Wildman–Crippen MR) is 90.1 cm³/mol. The maximum Gasteiger partial charge on any atom is 0.131 e. The van der Waals surface area contributed by atoms with Crippen LogP contribution in [0, 0.1) is 19.7 Å². The second kappa shape index (κ2) is 7.09. The molecule has 1 N–H and O–H groups in total. The van der Waals surface area contributed by atoms with Gasteiger partial charge in [-0.2, -0.15) is 0 Å². The van der Waals surface area contributed by atoms with Crippen LogP contribution in [0.25, 0.3) is 11.1 Å². The predicted octanol–water partition coefficient (Wildman–Crippen LogP) is 4.43. The Hall–Kier alpha value is -1.94. The normalized spacial score (nSPS) is 11.6. The van der Waals surface area contributed by atoms with Gasteiger partial charge in [-0.1, -0.05) is 0 Å². The lowest BCUT2D eigenvalue weighted by Crippen LogP contribution is -2.19. The lowest BCUT2D eigenvalue weighted by Gasteiger charge is -2.17. The fraction of sp³-hybridized carbons (Fsp3) is 0.421. The molecule has 0 saturated carbocycles. The highest BCUT2D eigenvalue weighted by Crippen LogP contribution is 2.30. The first kappa shape index (κ1) is 17.4. The Bertz CT molecular complexity index is 678. The van der Waals surface area contributed by atoms with E-state index < -0.39 is 5.60 Å². The largest absolute Gasteiger partial charge is 0.494 e. The molecule has 1 aromatic carbocycles. The smallest absolute Gasteiger partial charge is 0.131 e. The minimum absolute atomic E-state index is 0.275. The fourth-order valence-electron chi connectivity index (χ4n) is 2.41. The molecular formula is C19H24FNO2. The molecule has 2 rings (SSSR count). The van der Waals surface area contributed by atoms with Gasteiger partial charge in [0.1, 0.15) is 11.6 Å². The molecule has 0 radical (unpaired) electrons. The molecule has 0 fully saturated rings. The van der Waals surface area contributed by atoms with Gasteiger partial charge in [-0.05, 0) is 75.9 Å². The molecule has 0 spiro atoms. The maximum absolute atomic E-state index is 14.2. The molecule has 0 aliphatic carbocycles. The van der Waals surface area contributed by atoms with Crippen molar-refractivity contribution in [3.8, 4) is 16.9 Å². The summed E-state index contributed by atoms with van der Waals surface area (Å²) in [7, 11) is 0. The van der Waals surface area contributed by atoms with Crippen LogP contribution in [0.4, 0.5) is 4.39 Å². The maximum atomic E-state index is 14.2. The lowest BCUT2D eigenvalue weighted by atomic mass is 10.0. The van der Waals surface area contributed by atoms with Gasteiger partial charge in [0.15, 0.2) is 0 Å². The molecule has 4 heteroatoms. The Morgan fingerprint density at radius 1 is 1.17 bits per heavy atom. The van der Waals surface area contributed by atoms with E-state index in [2.05, 4.69) is 4.98 Å². The van der Waals surface area contributed by atoms with Crippen LogP contribution in [-0.4, -0.2) is 22.3 Å². The van der Waals surface area contributed by atoms with E-state index in [1.54, 1.807) is 32.2 Å². The number of hydrogen-bond acceptors (Lipinski definition) is 3. The van der Waals surface area contributed by atoms with Gasteiger partial charge in [-0.25, -0.2) is 4.39 Å². The first-order chi connectivity index (χ1) is 10.8. The van der Waals surface area contributed by atoms with Crippen LogP contribution < -0.4 is 4.74 Å². The summed E-state index contributed by atoms with van der Waals surface area (Å²) in [6.45, 7) is 7.84. The van der Waals surface area contributed by atoms with Crippen molar-refractivity contribution < 1.29 is 14.2 Å². The highest BCUT2D eigenvalue weighted by molar-refractivity contribution is 5.69. The number of aliphatic hydroxyl groups is 1. The molecule has 0 aliphatic rings. The molecule has 0 unspecified atom stereocenters. The van der Waals surface area contributed by atoms with Crippen LogP contribution in [0.2, 0.25) is 0 Å². The first-order valence-corrected chi connectivity index (χ1v) is 7.84. The van der Waals surface area contributed by atoms with Crippen molar-refractivity contribution in [2.75, 3.05) is 6.61 Å². The number of hydrogen-bond donors (Lipinski definition) is 1. The number of rotatable bonds is 6. The molecule has 124 valence electrons.